The molecule has 26 heavy (non-hydrogen) atoms. The van der Waals surface area contributed by atoms with E-state index in [1.807, 2.05) is 19.1 Å². The summed E-state index contributed by atoms with van der Waals surface area (Å²) >= 11 is 1.24. The molecule has 1 aromatic carbocycles. The van der Waals surface area contributed by atoms with Gasteiger partial charge in [0.2, 0.25) is 11.8 Å². The van der Waals surface area contributed by atoms with Crippen LogP contribution in [0.15, 0.2) is 52.4 Å². The maximum absolute atomic E-state index is 12.5. The lowest BCUT2D eigenvalue weighted by Gasteiger charge is -2.11. The minimum Gasteiger partial charge on any atom is -0.411 e. The van der Waals surface area contributed by atoms with Crippen molar-refractivity contribution in [2.75, 3.05) is 5.32 Å². The Bertz CT molecular complexity index is 926. The Morgan fingerprint density at radius 2 is 2.12 bits per heavy atom. The van der Waals surface area contributed by atoms with Crippen LogP contribution in [-0.4, -0.2) is 26.3 Å². The monoisotopic (exact) mass is 366 g/mol. The van der Waals surface area contributed by atoms with Gasteiger partial charge in [-0.25, -0.2) is 0 Å². The number of nitrogens with one attached hydrogen (secondary N) is 1. The van der Waals surface area contributed by atoms with Gasteiger partial charge in [-0.15, -0.1) is 10.2 Å². The zero-order valence-electron chi connectivity index (χ0n) is 14.3. The van der Waals surface area contributed by atoms with Crippen molar-refractivity contribution in [1.29, 1.82) is 0 Å². The van der Waals surface area contributed by atoms with E-state index in [-0.39, 0.29) is 11.2 Å². The van der Waals surface area contributed by atoms with Crippen LogP contribution in [0.1, 0.15) is 24.5 Å². The second-order valence-electron chi connectivity index (χ2n) is 6.20. The Morgan fingerprint density at radius 1 is 1.23 bits per heavy atom. The third-order valence-corrected chi connectivity index (χ3v) is 5.26. The molecule has 2 heterocycles. The van der Waals surface area contributed by atoms with Crippen LogP contribution in [0, 0.1) is 0 Å². The van der Waals surface area contributed by atoms with Crippen LogP contribution in [0.2, 0.25) is 0 Å². The lowest BCUT2D eigenvalue weighted by atomic mass is 10.1. The maximum atomic E-state index is 12.5. The normalized spacial score (nSPS) is 14.0. The number of hydrogen-bond acceptors (Lipinski definition) is 6. The SMILES string of the molecule is C[C@H](Sc1nnc(-c2cccnc2)o1)C(=O)Nc1ccc2c(c1)CCC2. The number of hydrogen-bond donors (Lipinski definition) is 1. The highest BCUT2D eigenvalue weighted by atomic mass is 32.2. The van der Waals surface area contributed by atoms with Gasteiger partial charge in [0.15, 0.2) is 0 Å². The molecule has 4 rings (SSSR count). The number of carbonyl (C=O) groups excluding carboxylic acids is 1. The van der Waals surface area contributed by atoms with Crippen molar-refractivity contribution in [2.45, 2.75) is 36.7 Å². The summed E-state index contributed by atoms with van der Waals surface area (Å²) in [7, 11) is 0. The van der Waals surface area contributed by atoms with Crippen LogP contribution >= 0.6 is 11.8 Å². The number of benzene rings is 1. The van der Waals surface area contributed by atoms with Crippen LogP contribution < -0.4 is 5.32 Å². The Balaban J connectivity index is 1.39. The van der Waals surface area contributed by atoms with Crippen molar-refractivity contribution in [3.63, 3.8) is 0 Å². The summed E-state index contributed by atoms with van der Waals surface area (Å²) in [5, 5.41) is 11.0. The van der Waals surface area contributed by atoms with Gasteiger partial charge >= 0.3 is 0 Å². The maximum Gasteiger partial charge on any atom is 0.277 e. The average molecular weight is 366 g/mol. The molecule has 3 aromatic rings. The summed E-state index contributed by atoms with van der Waals surface area (Å²) in [5.41, 5.74) is 4.31. The van der Waals surface area contributed by atoms with E-state index in [4.69, 9.17) is 4.42 Å². The zero-order valence-corrected chi connectivity index (χ0v) is 15.1. The molecule has 0 fully saturated rings. The molecule has 0 radical (unpaired) electrons. The van der Waals surface area contributed by atoms with Crippen molar-refractivity contribution in [3.05, 3.63) is 53.9 Å². The van der Waals surface area contributed by atoms with Crippen LogP contribution in [0.5, 0.6) is 0 Å². The summed E-state index contributed by atoms with van der Waals surface area (Å²) in [6, 6.07) is 9.80. The van der Waals surface area contributed by atoms with Crippen LogP contribution in [-0.2, 0) is 17.6 Å². The van der Waals surface area contributed by atoms with E-state index in [1.54, 1.807) is 18.5 Å². The highest BCUT2D eigenvalue weighted by Crippen LogP contribution is 2.28. The van der Waals surface area contributed by atoms with Gasteiger partial charge < -0.3 is 9.73 Å². The van der Waals surface area contributed by atoms with Gasteiger partial charge in [0.25, 0.3) is 5.22 Å². The third kappa shape index (κ3) is 3.62. The molecule has 0 saturated heterocycles. The van der Waals surface area contributed by atoms with E-state index in [1.165, 1.54) is 29.3 Å². The fourth-order valence-electron chi connectivity index (χ4n) is 2.96. The van der Waals surface area contributed by atoms with Gasteiger partial charge in [-0.05, 0) is 61.6 Å². The minimum atomic E-state index is -0.356. The van der Waals surface area contributed by atoms with Gasteiger partial charge in [-0.1, -0.05) is 17.8 Å². The second-order valence-corrected chi connectivity index (χ2v) is 7.49. The van der Waals surface area contributed by atoms with E-state index in [0.29, 0.717) is 11.1 Å². The highest BCUT2D eigenvalue weighted by molar-refractivity contribution is 8.00. The zero-order chi connectivity index (χ0) is 17.9. The smallest absolute Gasteiger partial charge is 0.277 e. The number of amides is 1. The van der Waals surface area contributed by atoms with E-state index >= 15 is 0 Å². The van der Waals surface area contributed by atoms with Gasteiger partial charge in [0, 0.05) is 18.1 Å². The summed E-state index contributed by atoms with van der Waals surface area (Å²) in [6.07, 6.45) is 6.75. The van der Waals surface area contributed by atoms with Crippen molar-refractivity contribution in [1.82, 2.24) is 15.2 Å². The first-order valence-electron chi connectivity index (χ1n) is 8.52. The molecular formula is C19H18N4O2S. The van der Waals surface area contributed by atoms with Crippen LogP contribution in [0.3, 0.4) is 0 Å². The van der Waals surface area contributed by atoms with Gasteiger partial charge in [0.1, 0.15) is 0 Å². The quantitative estimate of drug-likeness (QED) is 0.693. The van der Waals surface area contributed by atoms with E-state index in [9.17, 15) is 4.79 Å². The molecule has 0 spiro atoms. The Hall–Kier alpha value is -2.67. The molecule has 0 aliphatic heterocycles. The van der Waals surface area contributed by atoms with E-state index < -0.39 is 0 Å². The molecule has 1 aliphatic carbocycles. The number of aryl methyl sites for hydroxylation is 2. The molecule has 1 aliphatic rings. The topological polar surface area (TPSA) is 80.9 Å². The number of rotatable bonds is 5. The second kappa shape index (κ2) is 7.29. The number of aromatic nitrogens is 3. The fraction of sp³-hybridized carbons (Fsp3) is 0.263. The summed E-state index contributed by atoms with van der Waals surface area (Å²) < 4.78 is 5.62. The Morgan fingerprint density at radius 3 is 2.96 bits per heavy atom. The number of nitrogens with zero attached hydrogens (tertiary/aromatic N) is 3. The lowest BCUT2D eigenvalue weighted by Crippen LogP contribution is -2.22. The first-order chi connectivity index (χ1) is 12.7. The van der Waals surface area contributed by atoms with Crippen molar-refractivity contribution in [3.8, 4) is 11.5 Å². The molecule has 1 N–H and O–H groups in total. The minimum absolute atomic E-state index is 0.0888. The number of pyridine rings is 1. The molecule has 1 atom stereocenters. The fourth-order valence-corrected chi connectivity index (χ4v) is 3.64. The highest BCUT2D eigenvalue weighted by Gasteiger charge is 2.20. The standard InChI is InChI=1S/C19H18N4O2S/c1-12(17(24)21-16-8-7-13-4-2-5-14(13)10-16)26-19-23-22-18(25-19)15-6-3-9-20-11-15/h3,6-12H,2,4-5H2,1H3,(H,21,24)/t12-/m0/s1. The Kier molecular flexibility index (Phi) is 4.71. The molecular weight excluding hydrogens is 348 g/mol. The van der Waals surface area contributed by atoms with E-state index in [2.05, 4.69) is 32.6 Å². The van der Waals surface area contributed by atoms with Crippen molar-refractivity contribution >= 4 is 23.4 Å². The first kappa shape index (κ1) is 16.8. The Labute approximate surface area is 155 Å². The summed E-state index contributed by atoms with van der Waals surface area (Å²) in [4.78, 5) is 16.5. The molecule has 6 nitrogen and oxygen atoms in total. The molecule has 0 unspecified atom stereocenters. The number of anilines is 1. The van der Waals surface area contributed by atoms with Crippen molar-refractivity contribution in [2.24, 2.45) is 0 Å². The van der Waals surface area contributed by atoms with Gasteiger partial charge in [-0.2, -0.15) is 0 Å². The third-order valence-electron chi connectivity index (χ3n) is 4.33. The number of thioether (sulfide) groups is 1. The summed E-state index contributed by atoms with van der Waals surface area (Å²) in [6.45, 7) is 1.82. The number of carbonyl (C=O) groups is 1. The molecule has 0 saturated carbocycles. The van der Waals surface area contributed by atoms with Gasteiger partial charge in [0.05, 0.1) is 10.8 Å². The molecule has 7 heteroatoms. The first-order valence-corrected chi connectivity index (χ1v) is 9.40. The average Bonchev–Trinajstić information content (AvgIpc) is 3.31. The summed E-state index contributed by atoms with van der Waals surface area (Å²) in [5.74, 6) is 0.306. The van der Waals surface area contributed by atoms with E-state index in [0.717, 1.165) is 24.1 Å². The molecule has 1 amide bonds. The molecule has 132 valence electrons. The predicted molar refractivity (Wildman–Crippen MR) is 99.9 cm³/mol. The van der Waals surface area contributed by atoms with Crippen LogP contribution in [0.25, 0.3) is 11.5 Å². The van der Waals surface area contributed by atoms with Crippen LogP contribution in [0.4, 0.5) is 5.69 Å². The predicted octanol–water partition coefficient (Wildman–Crippen LogP) is 3.74. The number of fused-ring (bicyclic) bond motifs is 1. The molecule has 0 bridgehead atoms. The largest absolute Gasteiger partial charge is 0.411 e. The molecule has 2 aromatic heterocycles. The lowest BCUT2D eigenvalue weighted by molar-refractivity contribution is -0.115. The van der Waals surface area contributed by atoms with Crippen molar-refractivity contribution < 1.29 is 9.21 Å². The van der Waals surface area contributed by atoms with Gasteiger partial charge in [-0.3, -0.25) is 9.78 Å².